The van der Waals surface area contributed by atoms with Crippen LogP contribution < -0.4 is 29.5 Å². The zero-order valence-electron chi connectivity index (χ0n) is 33.0. The van der Waals surface area contributed by atoms with Crippen molar-refractivity contribution in [3.8, 4) is 11.5 Å². The number of imide groups is 1. The van der Waals surface area contributed by atoms with Gasteiger partial charge in [-0.25, -0.2) is 0 Å². The van der Waals surface area contributed by atoms with Crippen LogP contribution in [0.5, 0.6) is 11.5 Å². The number of carbonyl (C=O) groups is 3. The molecule has 11 nitrogen and oxygen atoms in total. The molecule has 16 heteroatoms. The minimum atomic E-state index is -6.18. The van der Waals surface area contributed by atoms with Crippen LogP contribution in [-0.2, 0) is 25.8 Å². The van der Waals surface area contributed by atoms with Crippen LogP contribution >= 0.6 is 0 Å². The van der Waals surface area contributed by atoms with E-state index >= 15 is 0 Å². The molecule has 4 aromatic carbocycles. The number of carbonyl (C=O) groups excluding carboxylic acids is 3. The van der Waals surface area contributed by atoms with Crippen LogP contribution in [0.4, 0.5) is 18.9 Å². The van der Waals surface area contributed by atoms with Gasteiger partial charge < -0.3 is 23.6 Å². The number of hydrogen-bond donors (Lipinski definition) is 1. The second-order valence-electron chi connectivity index (χ2n) is 15.8. The van der Waals surface area contributed by atoms with Crippen molar-refractivity contribution in [3.05, 3.63) is 114 Å². The number of benzene rings is 4. The van der Waals surface area contributed by atoms with Gasteiger partial charge in [0.25, 0.3) is 20.1 Å². The second-order valence-corrected chi connectivity index (χ2v) is 21.6. The monoisotopic (exact) mass is 837 g/mol. The van der Waals surface area contributed by atoms with Crippen LogP contribution in [-0.4, -0.2) is 83.8 Å². The number of hydrogen-bond acceptors (Lipinski definition) is 9. The molecular weight excluding hydrogens is 792 g/mol. The molecule has 0 saturated carbocycles. The summed E-state index contributed by atoms with van der Waals surface area (Å²) in [6.45, 7) is 9.34. The van der Waals surface area contributed by atoms with Gasteiger partial charge in [0.05, 0.1) is 30.3 Å². The molecule has 2 atom stereocenters. The van der Waals surface area contributed by atoms with Crippen molar-refractivity contribution in [1.82, 2.24) is 10.2 Å². The number of rotatable bonds is 12. The lowest BCUT2D eigenvalue weighted by Gasteiger charge is -2.44. The van der Waals surface area contributed by atoms with Gasteiger partial charge in [-0.2, -0.15) is 21.6 Å². The largest absolute Gasteiger partial charge is 0.534 e. The van der Waals surface area contributed by atoms with E-state index in [1.54, 1.807) is 24.1 Å². The quantitative estimate of drug-likeness (QED) is 0.0831. The third-order valence-electron chi connectivity index (χ3n) is 10.5. The Kier molecular flexibility index (Phi) is 11.9. The van der Waals surface area contributed by atoms with E-state index in [0.717, 1.165) is 21.3 Å². The molecule has 2 aliphatic heterocycles. The Labute approximate surface area is 337 Å². The van der Waals surface area contributed by atoms with Crippen LogP contribution in [0.2, 0.25) is 5.04 Å². The minimum Gasteiger partial charge on any atom is -0.488 e. The molecule has 0 radical (unpaired) electrons. The molecule has 6 rings (SSSR count). The molecular formula is C42H46F3N3O8SSi. The molecule has 2 heterocycles. The molecule has 4 aromatic rings. The van der Waals surface area contributed by atoms with E-state index in [4.69, 9.17) is 13.3 Å². The average molecular weight is 838 g/mol. The Morgan fingerprint density at radius 2 is 1.36 bits per heavy atom. The first-order chi connectivity index (χ1) is 27.3. The van der Waals surface area contributed by atoms with Gasteiger partial charge in [-0.05, 0) is 51.5 Å². The van der Waals surface area contributed by atoms with Crippen molar-refractivity contribution in [2.75, 3.05) is 31.7 Å². The van der Waals surface area contributed by atoms with Crippen LogP contribution in [0.1, 0.15) is 60.9 Å². The summed E-state index contributed by atoms with van der Waals surface area (Å²) in [4.78, 5) is 42.6. The fourth-order valence-corrected chi connectivity index (χ4v) is 12.9. The highest BCUT2D eigenvalue weighted by atomic mass is 32.2. The normalized spacial score (nSPS) is 17.7. The van der Waals surface area contributed by atoms with Gasteiger partial charge >= 0.3 is 15.6 Å². The van der Waals surface area contributed by atoms with Crippen molar-refractivity contribution in [1.29, 1.82) is 0 Å². The van der Waals surface area contributed by atoms with E-state index in [1.807, 2.05) is 74.5 Å². The number of anilines is 1. The number of nitrogens with zero attached hydrogens (tertiary/aromatic N) is 2. The fourth-order valence-electron chi connectivity index (χ4n) is 7.88. The van der Waals surface area contributed by atoms with Crippen molar-refractivity contribution in [2.24, 2.45) is 5.92 Å². The maximum absolute atomic E-state index is 14.1. The summed E-state index contributed by atoms with van der Waals surface area (Å²) in [6, 6.07) is 27.1. The predicted molar refractivity (Wildman–Crippen MR) is 216 cm³/mol. The molecule has 2 aliphatic rings. The van der Waals surface area contributed by atoms with Gasteiger partial charge in [0.1, 0.15) is 12.6 Å². The molecule has 58 heavy (non-hydrogen) atoms. The number of ether oxygens (including phenoxy) is 1. The molecule has 0 aliphatic carbocycles. The van der Waals surface area contributed by atoms with Crippen LogP contribution in [0.25, 0.3) is 0 Å². The number of nitrogens with one attached hydrogen (secondary N) is 1. The lowest BCUT2D eigenvalue weighted by Crippen LogP contribution is -2.67. The summed E-state index contributed by atoms with van der Waals surface area (Å²) in [5.41, 5.74) is -4.65. The summed E-state index contributed by atoms with van der Waals surface area (Å²) in [6.07, 6.45) is 0.0928. The highest BCUT2D eigenvalue weighted by molar-refractivity contribution is 7.88. The van der Waals surface area contributed by atoms with Crippen LogP contribution in [0.3, 0.4) is 0 Å². The van der Waals surface area contributed by atoms with Crippen LogP contribution in [0.15, 0.2) is 97.1 Å². The second kappa shape index (κ2) is 16.2. The Hall–Kier alpha value is -5.19. The number of likely N-dealkylation sites (N-methyl/N-ethyl adjacent to an activating group) is 1. The first-order valence-electron chi connectivity index (χ1n) is 18.8. The van der Waals surface area contributed by atoms with Gasteiger partial charge in [-0.3, -0.25) is 19.3 Å². The number of alkyl halides is 3. The van der Waals surface area contributed by atoms with Gasteiger partial charge in [0.2, 0.25) is 5.91 Å². The molecule has 0 fully saturated rings. The van der Waals surface area contributed by atoms with Crippen molar-refractivity contribution < 1.29 is 49.3 Å². The lowest BCUT2D eigenvalue weighted by molar-refractivity contribution is -0.124. The zero-order valence-corrected chi connectivity index (χ0v) is 34.8. The summed E-state index contributed by atoms with van der Waals surface area (Å²) >= 11 is 0. The Morgan fingerprint density at radius 3 is 1.86 bits per heavy atom. The maximum Gasteiger partial charge on any atom is 0.534 e. The van der Waals surface area contributed by atoms with E-state index in [0.29, 0.717) is 5.56 Å². The van der Waals surface area contributed by atoms with Gasteiger partial charge in [-0.15, -0.1) is 0 Å². The summed E-state index contributed by atoms with van der Waals surface area (Å²) in [7, 11) is -7.69. The standard InChI is InChI=1S/C42H46F3N3O8SSi/c1-27(2)37-38(49)46-29(26-55-58(41(3,4)5,30-15-9-7-10-16-30)31-17-11-8-12-18-31)23-28-24-35(36(25-34(28)47(37)6)56-57(52,53)42(43,44)45)54-22-21-48-39(50)32-19-13-14-20-33(32)40(48)51/h7-20,24-25,27,29,37H,21-23,26H2,1-6H3,(H,46,49)/t29-,37-/m0/s1. The third kappa shape index (κ3) is 8.09. The van der Waals surface area contributed by atoms with Crippen LogP contribution in [0, 0.1) is 5.92 Å². The smallest absolute Gasteiger partial charge is 0.488 e. The van der Waals surface area contributed by atoms with E-state index in [9.17, 15) is 36.0 Å². The molecule has 0 bridgehead atoms. The van der Waals surface area contributed by atoms with Crippen molar-refractivity contribution >= 4 is 52.2 Å². The molecule has 1 N–H and O–H groups in total. The first-order valence-corrected chi connectivity index (χ1v) is 22.1. The lowest BCUT2D eigenvalue weighted by atomic mass is 9.95. The highest BCUT2D eigenvalue weighted by Gasteiger charge is 2.51. The fraction of sp³-hybridized carbons (Fsp3) is 0.357. The van der Waals surface area contributed by atoms with E-state index in [1.165, 1.54) is 18.2 Å². The summed E-state index contributed by atoms with van der Waals surface area (Å²) < 4.78 is 83.8. The molecule has 0 spiro atoms. The average Bonchev–Trinajstić information content (AvgIpc) is 3.39. The molecule has 308 valence electrons. The number of fused-ring (bicyclic) bond motifs is 2. The van der Waals surface area contributed by atoms with Crippen molar-refractivity contribution in [3.63, 3.8) is 0 Å². The zero-order chi connectivity index (χ0) is 42.2. The Morgan fingerprint density at radius 1 is 0.828 bits per heavy atom. The number of halogens is 3. The SMILES string of the molecule is CC(C)[C@H]1C(=O)N[C@H](CO[Si](c2ccccc2)(c2ccccc2)C(C)(C)C)Cc2cc(OCCN3C(=O)c4ccccc4C3=O)c(OS(=O)(=O)C(F)(F)F)cc2N1C. The molecule has 3 amide bonds. The summed E-state index contributed by atoms with van der Waals surface area (Å²) in [5, 5.41) is 4.81. The topological polar surface area (TPSA) is 132 Å². The summed E-state index contributed by atoms with van der Waals surface area (Å²) in [5.74, 6) is -2.97. The highest BCUT2D eigenvalue weighted by Crippen LogP contribution is 2.41. The maximum atomic E-state index is 14.1. The first kappa shape index (κ1) is 42.4. The van der Waals surface area contributed by atoms with E-state index < -0.39 is 65.2 Å². The molecule has 0 saturated heterocycles. The van der Waals surface area contributed by atoms with E-state index in [2.05, 4.69) is 26.1 Å². The van der Waals surface area contributed by atoms with Gasteiger partial charge in [0.15, 0.2) is 11.5 Å². The third-order valence-corrected chi connectivity index (χ3v) is 16.5. The number of amides is 3. The predicted octanol–water partition coefficient (Wildman–Crippen LogP) is 5.67. The van der Waals surface area contributed by atoms with E-state index in [-0.39, 0.29) is 54.0 Å². The molecule has 0 aromatic heterocycles. The molecule has 0 unspecified atom stereocenters. The van der Waals surface area contributed by atoms with Gasteiger partial charge in [-0.1, -0.05) is 107 Å². The Balaban J connectivity index is 1.40. The Bertz CT molecular complexity index is 2210. The van der Waals surface area contributed by atoms with Gasteiger partial charge in [0, 0.05) is 18.8 Å². The minimum absolute atomic E-state index is 0.0453. The van der Waals surface area contributed by atoms with Crippen molar-refractivity contribution in [2.45, 2.75) is 63.7 Å².